The van der Waals surface area contributed by atoms with E-state index in [1.165, 1.54) is 12.1 Å². The summed E-state index contributed by atoms with van der Waals surface area (Å²) in [5.41, 5.74) is 4.15. The quantitative estimate of drug-likeness (QED) is 0.366. The summed E-state index contributed by atoms with van der Waals surface area (Å²) in [5, 5.41) is 15.7. The van der Waals surface area contributed by atoms with E-state index >= 15 is 0 Å². The number of aromatic nitrogens is 4. The van der Waals surface area contributed by atoms with Gasteiger partial charge in [0.25, 0.3) is 5.69 Å². The Balaban J connectivity index is 1.67. The van der Waals surface area contributed by atoms with E-state index in [-0.39, 0.29) is 11.1 Å². The van der Waals surface area contributed by atoms with Gasteiger partial charge in [-0.05, 0) is 31.2 Å². The fourth-order valence-electron chi connectivity index (χ4n) is 4.00. The average Bonchev–Trinajstić information content (AvgIpc) is 3.31. The predicted octanol–water partition coefficient (Wildman–Crippen LogP) is 4.64. The van der Waals surface area contributed by atoms with Crippen molar-refractivity contribution in [3.05, 3.63) is 75.9 Å². The highest BCUT2D eigenvalue weighted by Crippen LogP contribution is 2.46. The van der Waals surface area contributed by atoms with Gasteiger partial charge in [-0.3, -0.25) is 10.1 Å². The van der Waals surface area contributed by atoms with Gasteiger partial charge in [-0.25, -0.2) is 14.6 Å². The maximum atomic E-state index is 10.9. The molecule has 0 saturated heterocycles. The van der Waals surface area contributed by atoms with E-state index in [9.17, 15) is 10.1 Å². The van der Waals surface area contributed by atoms with Crippen LogP contribution in [-0.2, 0) is 11.8 Å². The number of rotatable bonds is 3. The minimum Gasteiger partial charge on any atom is -0.436 e. The average molecular weight is 401 g/mol. The molecule has 150 valence electrons. The molecule has 0 radical (unpaired) electrons. The zero-order valence-electron chi connectivity index (χ0n) is 16.8. The van der Waals surface area contributed by atoms with Crippen molar-refractivity contribution >= 4 is 5.69 Å². The molecule has 0 amide bonds. The number of nitro groups is 1. The molecule has 0 unspecified atom stereocenters. The Morgan fingerprint density at radius 1 is 1.17 bits per heavy atom. The molecule has 0 aliphatic heterocycles. The van der Waals surface area contributed by atoms with Crippen LogP contribution >= 0.6 is 0 Å². The number of nitro benzene ring substituents is 1. The second-order valence-electron chi connectivity index (χ2n) is 8.07. The van der Waals surface area contributed by atoms with E-state index in [1.807, 2.05) is 29.8 Å². The second-order valence-corrected chi connectivity index (χ2v) is 8.07. The Hall–Kier alpha value is -3.81. The zero-order chi connectivity index (χ0) is 21.0. The van der Waals surface area contributed by atoms with Gasteiger partial charge in [0.2, 0.25) is 5.89 Å². The lowest BCUT2D eigenvalue weighted by Gasteiger charge is -2.28. The first-order valence-corrected chi connectivity index (χ1v) is 9.61. The van der Waals surface area contributed by atoms with Gasteiger partial charge in [-0.2, -0.15) is 5.10 Å². The number of oxazole rings is 1. The molecule has 3 aromatic heterocycles. The normalized spacial score (nSPS) is 14.2. The van der Waals surface area contributed by atoms with Crippen LogP contribution in [0.15, 0.2) is 53.1 Å². The van der Waals surface area contributed by atoms with Gasteiger partial charge in [-0.15, -0.1) is 0 Å². The molecule has 0 spiro atoms. The van der Waals surface area contributed by atoms with E-state index in [0.717, 1.165) is 34.9 Å². The molecule has 5 rings (SSSR count). The van der Waals surface area contributed by atoms with Crippen molar-refractivity contribution in [1.29, 1.82) is 0 Å². The molecule has 8 nitrogen and oxygen atoms in total. The first kappa shape index (κ1) is 18.2. The number of nitrogens with zero attached hydrogens (tertiary/aromatic N) is 5. The van der Waals surface area contributed by atoms with E-state index in [2.05, 4.69) is 18.8 Å². The Morgan fingerprint density at radius 3 is 2.60 bits per heavy atom. The van der Waals surface area contributed by atoms with Gasteiger partial charge in [-0.1, -0.05) is 19.9 Å². The molecule has 0 bridgehead atoms. The van der Waals surface area contributed by atoms with Crippen LogP contribution in [0.5, 0.6) is 0 Å². The van der Waals surface area contributed by atoms with Crippen molar-refractivity contribution < 1.29 is 9.34 Å². The fourth-order valence-corrected chi connectivity index (χ4v) is 4.00. The second kappa shape index (κ2) is 6.35. The molecule has 1 aliphatic carbocycles. The largest absolute Gasteiger partial charge is 0.436 e. The summed E-state index contributed by atoms with van der Waals surface area (Å²) in [5.74, 6) is 1.91. The maximum absolute atomic E-state index is 10.9. The number of benzene rings is 1. The molecule has 30 heavy (non-hydrogen) atoms. The van der Waals surface area contributed by atoms with Gasteiger partial charge in [0.1, 0.15) is 0 Å². The van der Waals surface area contributed by atoms with Crippen LogP contribution in [0.4, 0.5) is 5.69 Å². The van der Waals surface area contributed by atoms with Crippen molar-refractivity contribution in [3.8, 4) is 28.6 Å². The lowest BCUT2D eigenvalue weighted by Crippen LogP contribution is -2.27. The molecule has 1 aromatic carbocycles. The van der Waals surface area contributed by atoms with Crippen molar-refractivity contribution in [2.45, 2.75) is 32.6 Å². The van der Waals surface area contributed by atoms with Crippen LogP contribution in [0.3, 0.4) is 0 Å². The van der Waals surface area contributed by atoms with Crippen molar-refractivity contribution in [2.75, 3.05) is 0 Å². The summed E-state index contributed by atoms with van der Waals surface area (Å²) in [7, 11) is 0. The summed E-state index contributed by atoms with van der Waals surface area (Å²) in [6.45, 7) is 6.21. The van der Waals surface area contributed by atoms with Crippen LogP contribution in [0.2, 0.25) is 0 Å². The van der Waals surface area contributed by atoms with E-state index < -0.39 is 4.92 Å². The minimum absolute atomic E-state index is 0.0326. The Kier molecular flexibility index (Phi) is 3.86. The van der Waals surface area contributed by atoms with Gasteiger partial charge in [0.05, 0.1) is 27.6 Å². The molecule has 0 saturated carbocycles. The molecule has 0 atom stereocenters. The van der Waals surface area contributed by atoms with E-state index in [4.69, 9.17) is 14.5 Å². The lowest BCUT2D eigenvalue weighted by atomic mass is 9.77. The van der Waals surface area contributed by atoms with Crippen molar-refractivity contribution in [1.82, 2.24) is 19.7 Å². The number of fused-ring (bicyclic) bond motifs is 3. The highest BCUT2D eigenvalue weighted by atomic mass is 16.6. The molecule has 3 heterocycles. The third kappa shape index (κ3) is 2.72. The number of hydrogen-bond acceptors (Lipinski definition) is 6. The summed E-state index contributed by atoms with van der Waals surface area (Å²) in [6.07, 6.45) is 2.48. The monoisotopic (exact) mass is 401 g/mol. The van der Waals surface area contributed by atoms with E-state index in [0.29, 0.717) is 17.2 Å². The topological polar surface area (TPSA) is 99.9 Å². The van der Waals surface area contributed by atoms with E-state index in [1.54, 1.807) is 18.3 Å². The van der Waals surface area contributed by atoms with Crippen molar-refractivity contribution in [2.24, 2.45) is 0 Å². The molecule has 0 N–H and O–H groups in total. The maximum Gasteiger partial charge on any atom is 0.269 e. The van der Waals surface area contributed by atoms with Crippen LogP contribution in [0, 0.1) is 17.0 Å². The number of non-ortho nitro benzene ring substituents is 1. The first-order chi connectivity index (χ1) is 14.3. The molecule has 8 heteroatoms. The van der Waals surface area contributed by atoms with Crippen LogP contribution < -0.4 is 0 Å². The first-order valence-electron chi connectivity index (χ1n) is 9.61. The van der Waals surface area contributed by atoms with Crippen LogP contribution in [0.1, 0.15) is 30.9 Å². The summed E-state index contributed by atoms with van der Waals surface area (Å²) < 4.78 is 8.11. The number of hydrogen-bond donors (Lipinski definition) is 0. The third-order valence-electron chi connectivity index (χ3n) is 5.45. The predicted molar refractivity (Wildman–Crippen MR) is 110 cm³/mol. The Labute approximate surface area is 172 Å². The number of aryl methyl sites for hydroxylation is 1. The smallest absolute Gasteiger partial charge is 0.269 e. The Morgan fingerprint density at radius 2 is 1.93 bits per heavy atom. The highest BCUT2D eigenvalue weighted by Gasteiger charge is 2.40. The van der Waals surface area contributed by atoms with Gasteiger partial charge >= 0.3 is 0 Å². The standard InChI is InChI=1S/C22H19N5O3/c1-13-18-16(26(25-13)17-6-4-5-11-23-17)12-22(2,3)20-19(18)30-21(24-20)14-7-9-15(10-8-14)27(28)29/h4-11H,12H2,1-3H3. The summed E-state index contributed by atoms with van der Waals surface area (Å²) >= 11 is 0. The molecule has 0 fully saturated rings. The Bertz CT molecular complexity index is 1270. The number of pyridine rings is 1. The minimum atomic E-state index is -0.422. The molecular weight excluding hydrogens is 382 g/mol. The SMILES string of the molecule is Cc1nn(-c2ccccn2)c2c1-c1oc(-c3ccc([N+](=O)[O-])cc3)nc1C(C)(C)C2. The summed E-state index contributed by atoms with van der Waals surface area (Å²) in [6, 6.07) is 12.0. The molecular formula is C22H19N5O3. The highest BCUT2D eigenvalue weighted by molar-refractivity contribution is 5.73. The summed E-state index contributed by atoms with van der Waals surface area (Å²) in [4.78, 5) is 19.7. The molecule has 4 aromatic rings. The van der Waals surface area contributed by atoms with Crippen molar-refractivity contribution in [3.63, 3.8) is 0 Å². The third-order valence-corrected chi connectivity index (χ3v) is 5.45. The lowest BCUT2D eigenvalue weighted by molar-refractivity contribution is -0.384. The van der Waals surface area contributed by atoms with Gasteiger partial charge in [0, 0.05) is 35.7 Å². The van der Waals surface area contributed by atoms with Gasteiger partial charge in [0.15, 0.2) is 11.6 Å². The molecule has 1 aliphatic rings. The van der Waals surface area contributed by atoms with Crippen LogP contribution in [0.25, 0.3) is 28.6 Å². The fraction of sp³-hybridized carbons (Fsp3) is 0.227. The van der Waals surface area contributed by atoms with Crippen LogP contribution in [-0.4, -0.2) is 24.7 Å². The zero-order valence-corrected chi connectivity index (χ0v) is 16.8. The van der Waals surface area contributed by atoms with Gasteiger partial charge < -0.3 is 4.42 Å².